The Bertz CT molecular complexity index is 771. The van der Waals surface area contributed by atoms with Crippen LogP contribution >= 0.6 is 0 Å². The second kappa shape index (κ2) is 10.2. The van der Waals surface area contributed by atoms with Crippen LogP contribution in [0.4, 0.5) is 5.69 Å². The van der Waals surface area contributed by atoms with E-state index in [1.165, 1.54) is 6.26 Å². The number of amides is 3. The van der Waals surface area contributed by atoms with Crippen LogP contribution in [0.25, 0.3) is 0 Å². The molecular formula is C20H25N3O4. The standard InChI is InChI=1S/C20H25N3O4/c1-3-14(2)19(25)23-16-7-4-6-15(12-16)13-22-18(24)9-10-21-20(26)17-8-5-11-27-17/h4-8,11-12,14H,3,9-10,13H2,1-2H3,(H,21,26)(H,22,24)(H,23,25). The Hall–Kier alpha value is -3.09. The van der Waals surface area contributed by atoms with Crippen molar-refractivity contribution >= 4 is 23.4 Å². The molecule has 2 rings (SSSR count). The molecule has 1 heterocycles. The molecule has 0 radical (unpaired) electrons. The van der Waals surface area contributed by atoms with Gasteiger partial charge < -0.3 is 20.4 Å². The lowest BCUT2D eigenvalue weighted by Crippen LogP contribution is -2.30. The molecule has 0 aliphatic rings. The van der Waals surface area contributed by atoms with Crippen molar-refractivity contribution in [3.05, 3.63) is 54.0 Å². The van der Waals surface area contributed by atoms with Crippen LogP contribution in [-0.4, -0.2) is 24.3 Å². The van der Waals surface area contributed by atoms with Crippen LogP contribution in [0, 0.1) is 5.92 Å². The Morgan fingerprint density at radius 3 is 2.63 bits per heavy atom. The molecule has 0 fully saturated rings. The monoisotopic (exact) mass is 371 g/mol. The molecule has 1 aromatic heterocycles. The zero-order valence-corrected chi connectivity index (χ0v) is 15.6. The van der Waals surface area contributed by atoms with Crippen LogP contribution in [-0.2, 0) is 16.1 Å². The van der Waals surface area contributed by atoms with E-state index in [1.807, 2.05) is 38.1 Å². The van der Waals surface area contributed by atoms with Crippen molar-refractivity contribution in [2.45, 2.75) is 33.2 Å². The van der Waals surface area contributed by atoms with Gasteiger partial charge in [0.15, 0.2) is 5.76 Å². The second-order valence-electron chi connectivity index (χ2n) is 6.26. The van der Waals surface area contributed by atoms with Gasteiger partial charge in [0, 0.05) is 31.1 Å². The van der Waals surface area contributed by atoms with E-state index in [9.17, 15) is 14.4 Å². The predicted octanol–water partition coefficient (Wildman–Crippen LogP) is 2.70. The third-order valence-electron chi connectivity index (χ3n) is 4.13. The van der Waals surface area contributed by atoms with Gasteiger partial charge in [0.05, 0.1) is 6.26 Å². The number of furan rings is 1. The Balaban J connectivity index is 1.74. The Labute approximate surface area is 158 Å². The maximum atomic E-state index is 12.0. The molecule has 0 spiro atoms. The highest BCUT2D eigenvalue weighted by molar-refractivity contribution is 5.92. The fourth-order valence-electron chi connectivity index (χ4n) is 2.28. The second-order valence-corrected chi connectivity index (χ2v) is 6.26. The third kappa shape index (κ3) is 6.62. The summed E-state index contributed by atoms with van der Waals surface area (Å²) in [6.07, 6.45) is 2.36. The average Bonchev–Trinajstić information content (AvgIpc) is 3.21. The summed E-state index contributed by atoms with van der Waals surface area (Å²) in [5, 5.41) is 8.29. The molecule has 1 unspecified atom stereocenters. The predicted molar refractivity (Wildman–Crippen MR) is 102 cm³/mol. The zero-order valence-electron chi connectivity index (χ0n) is 15.6. The van der Waals surface area contributed by atoms with E-state index >= 15 is 0 Å². The van der Waals surface area contributed by atoms with Crippen molar-refractivity contribution in [2.75, 3.05) is 11.9 Å². The molecule has 144 valence electrons. The maximum absolute atomic E-state index is 12.0. The number of rotatable bonds is 9. The van der Waals surface area contributed by atoms with Crippen LogP contribution in [0.5, 0.6) is 0 Å². The first-order valence-electron chi connectivity index (χ1n) is 8.97. The largest absolute Gasteiger partial charge is 0.459 e. The number of carbonyl (C=O) groups is 3. The molecule has 3 amide bonds. The highest BCUT2D eigenvalue weighted by atomic mass is 16.3. The highest BCUT2D eigenvalue weighted by Gasteiger charge is 2.11. The molecule has 1 aromatic carbocycles. The first-order valence-corrected chi connectivity index (χ1v) is 8.97. The summed E-state index contributed by atoms with van der Waals surface area (Å²) in [7, 11) is 0. The molecule has 0 saturated carbocycles. The molecule has 1 atom stereocenters. The van der Waals surface area contributed by atoms with Gasteiger partial charge in [-0.15, -0.1) is 0 Å². The summed E-state index contributed by atoms with van der Waals surface area (Å²) < 4.78 is 4.98. The van der Waals surface area contributed by atoms with Crippen molar-refractivity contribution < 1.29 is 18.8 Å². The number of hydrogen-bond donors (Lipinski definition) is 3. The van der Waals surface area contributed by atoms with Gasteiger partial charge in [0.1, 0.15) is 0 Å². The van der Waals surface area contributed by atoms with Crippen molar-refractivity contribution in [1.82, 2.24) is 10.6 Å². The van der Waals surface area contributed by atoms with Crippen LogP contribution in [0.1, 0.15) is 42.8 Å². The molecule has 0 bridgehead atoms. The third-order valence-corrected chi connectivity index (χ3v) is 4.13. The summed E-state index contributed by atoms with van der Waals surface area (Å²) in [5.41, 5.74) is 1.59. The van der Waals surface area contributed by atoms with E-state index in [2.05, 4.69) is 16.0 Å². The normalized spacial score (nSPS) is 11.5. The minimum absolute atomic E-state index is 0.0222. The van der Waals surface area contributed by atoms with Crippen molar-refractivity contribution in [3.8, 4) is 0 Å². The average molecular weight is 371 g/mol. The molecular weight excluding hydrogens is 346 g/mol. The SMILES string of the molecule is CCC(C)C(=O)Nc1cccc(CNC(=O)CCNC(=O)c2ccco2)c1. The minimum Gasteiger partial charge on any atom is -0.459 e. The van der Waals surface area contributed by atoms with Gasteiger partial charge in [-0.05, 0) is 36.2 Å². The lowest BCUT2D eigenvalue weighted by Gasteiger charge is -2.11. The van der Waals surface area contributed by atoms with E-state index in [0.29, 0.717) is 12.2 Å². The molecule has 7 nitrogen and oxygen atoms in total. The quantitative estimate of drug-likeness (QED) is 0.631. The Morgan fingerprint density at radius 2 is 1.93 bits per heavy atom. The van der Waals surface area contributed by atoms with Crippen LogP contribution in [0.2, 0.25) is 0 Å². The lowest BCUT2D eigenvalue weighted by molar-refractivity contribution is -0.121. The van der Waals surface area contributed by atoms with Crippen molar-refractivity contribution in [1.29, 1.82) is 0 Å². The summed E-state index contributed by atoms with van der Waals surface area (Å²) >= 11 is 0. The van der Waals surface area contributed by atoms with E-state index in [0.717, 1.165) is 12.0 Å². The smallest absolute Gasteiger partial charge is 0.286 e. The van der Waals surface area contributed by atoms with E-state index in [4.69, 9.17) is 4.42 Å². The highest BCUT2D eigenvalue weighted by Crippen LogP contribution is 2.13. The van der Waals surface area contributed by atoms with E-state index < -0.39 is 0 Å². The van der Waals surface area contributed by atoms with Crippen LogP contribution in [0.3, 0.4) is 0 Å². The first kappa shape index (κ1) is 20.2. The molecule has 3 N–H and O–H groups in total. The summed E-state index contributed by atoms with van der Waals surface area (Å²) in [5.74, 6) is -0.385. The van der Waals surface area contributed by atoms with Crippen molar-refractivity contribution in [3.63, 3.8) is 0 Å². The Morgan fingerprint density at radius 1 is 1.11 bits per heavy atom. The number of anilines is 1. The zero-order chi connectivity index (χ0) is 19.6. The molecule has 7 heteroatoms. The van der Waals surface area contributed by atoms with Crippen LogP contribution in [0.15, 0.2) is 47.1 Å². The molecule has 27 heavy (non-hydrogen) atoms. The van der Waals surface area contributed by atoms with Gasteiger partial charge in [0.25, 0.3) is 5.91 Å². The molecule has 0 saturated heterocycles. The van der Waals surface area contributed by atoms with E-state index in [-0.39, 0.29) is 42.4 Å². The molecule has 2 aromatic rings. The number of nitrogens with one attached hydrogen (secondary N) is 3. The topological polar surface area (TPSA) is 100 Å². The summed E-state index contributed by atoms with van der Waals surface area (Å²) in [4.78, 5) is 35.6. The van der Waals surface area contributed by atoms with Gasteiger partial charge in [-0.1, -0.05) is 26.0 Å². The van der Waals surface area contributed by atoms with Crippen molar-refractivity contribution in [2.24, 2.45) is 5.92 Å². The lowest BCUT2D eigenvalue weighted by atomic mass is 10.1. The maximum Gasteiger partial charge on any atom is 0.286 e. The number of carbonyl (C=O) groups excluding carboxylic acids is 3. The Kier molecular flexibility index (Phi) is 7.61. The van der Waals surface area contributed by atoms with E-state index in [1.54, 1.807) is 12.1 Å². The molecule has 0 aliphatic carbocycles. The van der Waals surface area contributed by atoms with Gasteiger partial charge in [-0.3, -0.25) is 14.4 Å². The first-order chi connectivity index (χ1) is 13.0. The fourth-order valence-corrected chi connectivity index (χ4v) is 2.28. The van der Waals surface area contributed by atoms with Gasteiger partial charge in [-0.2, -0.15) is 0 Å². The van der Waals surface area contributed by atoms with Gasteiger partial charge in [0.2, 0.25) is 11.8 Å². The summed E-state index contributed by atoms with van der Waals surface area (Å²) in [6, 6.07) is 10.5. The fraction of sp³-hybridized carbons (Fsp3) is 0.350. The minimum atomic E-state index is -0.349. The van der Waals surface area contributed by atoms with Gasteiger partial charge >= 0.3 is 0 Å². The number of hydrogen-bond acceptors (Lipinski definition) is 4. The van der Waals surface area contributed by atoms with Gasteiger partial charge in [-0.25, -0.2) is 0 Å². The molecule has 0 aliphatic heterocycles. The summed E-state index contributed by atoms with van der Waals surface area (Å²) in [6.45, 7) is 4.41. The van der Waals surface area contributed by atoms with Crippen LogP contribution < -0.4 is 16.0 Å². The number of benzene rings is 1.